The molecule has 0 saturated carbocycles. The second kappa shape index (κ2) is 10.2. The third-order valence-corrected chi connectivity index (χ3v) is 7.22. The smallest absolute Gasteiger partial charge is 0.236 e. The molecule has 1 N–H and O–H groups in total. The summed E-state index contributed by atoms with van der Waals surface area (Å²) in [6.45, 7) is 2.81. The molecule has 5 aromatic rings. The SMILES string of the molecule is CCn1c(Cc2cccc3ccccc23)nnc1SCC(=O)Nc1nc(-c2ccccc2)cs1. The van der Waals surface area contributed by atoms with Gasteiger partial charge in [-0.05, 0) is 23.3 Å². The van der Waals surface area contributed by atoms with Crippen LogP contribution in [0.15, 0.2) is 83.3 Å². The quantitative estimate of drug-likeness (QED) is 0.277. The molecule has 0 bridgehead atoms. The Hall–Kier alpha value is -3.49. The Bertz CT molecular complexity index is 1420. The Morgan fingerprint density at radius 2 is 1.79 bits per heavy atom. The van der Waals surface area contributed by atoms with Gasteiger partial charge in [-0.1, -0.05) is 84.6 Å². The van der Waals surface area contributed by atoms with Crippen LogP contribution in [0.25, 0.3) is 22.0 Å². The van der Waals surface area contributed by atoms with Gasteiger partial charge in [0, 0.05) is 23.9 Å². The van der Waals surface area contributed by atoms with Gasteiger partial charge in [-0.25, -0.2) is 4.98 Å². The highest BCUT2D eigenvalue weighted by Gasteiger charge is 2.15. The largest absolute Gasteiger partial charge is 0.306 e. The summed E-state index contributed by atoms with van der Waals surface area (Å²) in [7, 11) is 0. The van der Waals surface area contributed by atoms with E-state index in [-0.39, 0.29) is 11.7 Å². The zero-order valence-electron chi connectivity index (χ0n) is 18.6. The van der Waals surface area contributed by atoms with Gasteiger partial charge in [-0.2, -0.15) is 0 Å². The lowest BCUT2D eigenvalue weighted by Gasteiger charge is -2.09. The minimum absolute atomic E-state index is 0.111. The summed E-state index contributed by atoms with van der Waals surface area (Å²) in [5.74, 6) is 1.03. The molecule has 3 aromatic carbocycles. The highest BCUT2D eigenvalue weighted by molar-refractivity contribution is 7.99. The summed E-state index contributed by atoms with van der Waals surface area (Å²) < 4.78 is 2.08. The number of benzene rings is 3. The molecule has 8 heteroatoms. The Labute approximate surface area is 206 Å². The van der Waals surface area contributed by atoms with Crippen molar-refractivity contribution in [2.45, 2.75) is 25.0 Å². The number of aromatic nitrogens is 4. The average Bonchev–Trinajstić information content (AvgIpc) is 3.50. The second-order valence-electron chi connectivity index (χ2n) is 7.70. The lowest BCUT2D eigenvalue weighted by molar-refractivity contribution is -0.113. The van der Waals surface area contributed by atoms with E-state index in [0.29, 0.717) is 11.6 Å². The fourth-order valence-corrected chi connectivity index (χ4v) is 5.41. The summed E-state index contributed by atoms with van der Waals surface area (Å²) in [6, 6.07) is 24.6. The van der Waals surface area contributed by atoms with E-state index in [1.54, 1.807) is 0 Å². The number of hydrogen-bond donors (Lipinski definition) is 1. The molecule has 0 aliphatic rings. The maximum atomic E-state index is 12.6. The number of nitrogens with one attached hydrogen (secondary N) is 1. The topological polar surface area (TPSA) is 72.7 Å². The van der Waals surface area contributed by atoms with E-state index in [1.807, 2.05) is 35.7 Å². The van der Waals surface area contributed by atoms with Crippen LogP contribution >= 0.6 is 23.1 Å². The predicted molar refractivity (Wildman–Crippen MR) is 139 cm³/mol. The predicted octanol–water partition coefficient (Wildman–Crippen LogP) is 5.90. The van der Waals surface area contributed by atoms with Gasteiger partial charge in [-0.15, -0.1) is 21.5 Å². The molecule has 5 rings (SSSR count). The van der Waals surface area contributed by atoms with Crippen molar-refractivity contribution in [2.75, 3.05) is 11.1 Å². The summed E-state index contributed by atoms with van der Waals surface area (Å²) in [5.41, 5.74) is 3.10. The molecule has 6 nitrogen and oxygen atoms in total. The molecule has 2 heterocycles. The van der Waals surface area contributed by atoms with E-state index in [2.05, 4.69) is 74.5 Å². The maximum absolute atomic E-state index is 12.6. The lowest BCUT2D eigenvalue weighted by Crippen LogP contribution is -2.14. The first-order valence-electron chi connectivity index (χ1n) is 11.0. The highest BCUT2D eigenvalue weighted by atomic mass is 32.2. The first kappa shape index (κ1) is 22.3. The molecular weight excluding hydrogens is 462 g/mol. The number of rotatable bonds is 8. The van der Waals surface area contributed by atoms with Crippen molar-refractivity contribution in [3.63, 3.8) is 0 Å². The first-order chi connectivity index (χ1) is 16.7. The number of amides is 1. The maximum Gasteiger partial charge on any atom is 0.236 e. The van der Waals surface area contributed by atoms with Gasteiger partial charge < -0.3 is 9.88 Å². The van der Waals surface area contributed by atoms with Crippen LogP contribution in [0.1, 0.15) is 18.3 Å². The van der Waals surface area contributed by atoms with Crippen LogP contribution in [0.4, 0.5) is 5.13 Å². The van der Waals surface area contributed by atoms with Gasteiger partial charge >= 0.3 is 0 Å². The van der Waals surface area contributed by atoms with E-state index in [1.165, 1.54) is 39.4 Å². The number of thiazole rings is 1. The van der Waals surface area contributed by atoms with Crippen LogP contribution in [-0.2, 0) is 17.8 Å². The third-order valence-electron chi connectivity index (χ3n) is 5.49. The molecule has 170 valence electrons. The number of nitrogens with zero attached hydrogens (tertiary/aromatic N) is 4. The molecular formula is C26H23N5OS2. The van der Waals surface area contributed by atoms with Crippen LogP contribution in [-0.4, -0.2) is 31.4 Å². The van der Waals surface area contributed by atoms with Crippen LogP contribution in [0, 0.1) is 0 Å². The molecule has 0 fully saturated rings. The van der Waals surface area contributed by atoms with Gasteiger partial charge in [0.1, 0.15) is 5.82 Å². The molecule has 0 radical (unpaired) electrons. The minimum Gasteiger partial charge on any atom is -0.306 e. The van der Waals surface area contributed by atoms with Crippen LogP contribution in [0.5, 0.6) is 0 Å². The lowest BCUT2D eigenvalue weighted by atomic mass is 10.0. The van der Waals surface area contributed by atoms with E-state index in [4.69, 9.17) is 0 Å². The summed E-state index contributed by atoms with van der Waals surface area (Å²) in [5, 5.41) is 17.4. The highest BCUT2D eigenvalue weighted by Crippen LogP contribution is 2.26. The van der Waals surface area contributed by atoms with Gasteiger partial charge in [0.25, 0.3) is 0 Å². The van der Waals surface area contributed by atoms with Crippen LogP contribution < -0.4 is 5.32 Å². The van der Waals surface area contributed by atoms with Gasteiger partial charge in [-0.3, -0.25) is 4.79 Å². The zero-order valence-corrected chi connectivity index (χ0v) is 20.3. The number of thioether (sulfide) groups is 1. The van der Waals surface area contributed by atoms with Crippen LogP contribution in [0.2, 0.25) is 0 Å². The van der Waals surface area contributed by atoms with Crippen molar-refractivity contribution < 1.29 is 4.79 Å². The minimum atomic E-state index is -0.111. The van der Waals surface area contributed by atoms with Crippen molar-refractivity contribution in [3.8, 4) is 11.3 Å². The molecule has 0 spiro atoms. The molecule has 2 aromatic heterocycles. The summed E-state index contributed by atoms with van der Waals surface area (Å²) in [4.78, 5) is 17.1. The summed E-state index contributed by atoms with van der Waals surface area (Å²) in [6.07, 6.45) is 0.691. The number of fused-ring (bicyclic) bond motifs is 1. The average molecular weight is 486 g/mol. The van der Waals surface area contributed by atoms with Gasteiger partial charge in [0.2, 0.25) is 5.91 Å². The summed E-state index contributed by atoms with van der Waals surface area (Å²) >= 11 is 2.81. The second-order valence-corrected chi connectivity index (χ2v) is 9.50. The Kier molecular flexibility index (Phi) is 6.69. The van der Waals surface area contributed by atoms with E-state index in [9.17, 15) is 4.79 Å². The van der Waals surface area contributed by atoms with Crippen molar-refractivity contribution in [1.29, 1.82) is 0 Å². The number of carbonyl (C=O) groups is 1. The number of hydrogen-bond acceptors (Lipinski definition) is 6. The van der Waals surface area contributed by atoms with Crippen molar-refractivity contribution in [3.05, 3.63) is 89.6 Å². The monoisotopic (exact) mass is 485 g/mol. The molecule has 0 aliphatic heterocycles. The standard InChI is InChI=1S/C26H23N5OS2/c1-2-31-23(15-20-13-8-12-18-9-6-7-14-21(18)20)29-30-26(31)34-17-24(32)28-25-27-22(16-33-25)19-10-4-3-5-11-19/h3-14,16H,2,15,17H2,1H3,(H,27,28,32). The Balaban J connectivity index is 1.24. The third kappa shape index (κ3) is 4.88. The van der Waals surface area contributed by atoms with E-state index < -0.39 is 0 Å². The molecule has 0 unspecified atom stereocenters. The fraction of sp³-hybridized carbons (Fsp3) is 0.154. The Morgan fingerprint density at radius 3 is 2.65 bits per heavy atom. The molecule has 0 atom stereocenters. The number of anilines is 1. The fourth-order valence-electron chi connectivity index (χ4n) is 3.85. The number of carbonyl (C=O) groups excluding carboxylic acids is 1. The van der Waals surface area contributed by atoms with Crippen LogP contribution in [0.3, 0.4) is 0 Å². The molecule has 0 aliphatic carbocycles. The molecule has 1 amide bonds. The van der Waals surface area contributed by atoms with Crippen molar-refractivity contribution in [1.82, 2.24) is 19.7 Å². The zero-order chi connectivity index (χ0) is 23.3. The first-order valence-corrected chi connectivity index (χ1v) is 12.9. The van der Waals surface area contributed by atoms with E-state index in [0.717, 1.165) is 28.8 Å². The van der Waals surface area contributed by atoms with Crippen molar-refractivity contribution in [2.24, 2.45) is 0 Å². The molecule has 0 saturated heterocycles. The van der Waals surface area contributed by atoms with E-state index >= 15 is 0 Å². The Morgan fingerprint density at radius 1 is 1.00 bits per heavy atom. The normalized spacial score (nSPS) is 11.1. The van der Waals surface area contributed by atoms with Crippen molar-refractivity contribution >= 4 is 44.9 Å². The van der Waals surface area contributed by atoms with Gasteiger partial charge in [0.15, 0.2) is 10.3 Å². The molecule has 34 heavy (non-hydrogen) atoms. The van der Waals surface area contributed by atoms with Gasteiger partial charge in [0.05, 0.1) is 11.4 Å².